The topological polar surface area (TPSA) is 25.4 Å². The first-order chi connectivity index (χ1) is 8.19. The Labute approximate surface area is 112 Å². The van der Waals surface area contributed by atoms with Crippen LogP contribution in [0.2, 0.25) is 5.02 Å². The fraction of sp³-hybridized carbons (Fsp3) is 0.583. The Bertz CT molecular complexity index is 375. The normalized spacial score (nSPS) is 26.1. The fourth-order valence-corrected chi connectivity index (χ4v) is 2.48. The van der Waals surface area contributed by atoms with E-state index in [1.807, 2.05) is 6.07 Å². The number of pyridine rings is 1. The zero-order valence-corrected chi connectivity index (χ0v) is 11.3. The average molecular weight is 275 g/mol. The van der Waals surface area contributed by atoms with E-state index in [4.69, 9.17) is 27.9 Å². The van der Waals surface area contributed by atoms with Crippen molar-refractivity contribution in [3.05, 3.63) is 29.0 Å². The number of nitrogens with zero attached hydrogens (tertiary/aromatic N) is 2. The van der Waals surface area contributed by atoms with Gasteiger partial charge in [-0.1, -0.05) is 11.6 Å². The molecule has 2 unspecified atom stereocenters. The maximum atomic E-state index is 6.10. The lowest BCUT2D eigenvalue weighted by Gasteiger charge is -2.36. The van der Waals surface area contributed by atoms with Crippen molar-refractivity contribution in [2.75, 3.05) is 19.0 Å². The second-order valence-corrected chi connectivity index (χ2v) is 5.10. The Kier molecular flexibility index (Phi) is 4.62. The van der Waals surface area contributed by atoms with Crippen molar-refractivity contribution in [2.45, 2.75) is 25.7 Å². The molecule has 0 radical (unpaired) electrons. The highest BCUT2D eigenvalue weighted by Gasteiger charge is 2.24. The Morgan fingerprint density at radius 3 is 3.06 bits per heavy atom. The van der Waals surface area contributed by atoms with Gasteiger partial charge in [0.1, 0.15) is 0 Å². The predicted molar refractivity (Wildman–Crippen MR) is 69.6 cm³/mol. The number of aromatic nitrogens is 1. The Morgan fingerprint density at radius 1 is 1.53 bits per heavy atom. The zero-order chi connectivity index (χ0) is 12.3. The predicted octanol–water partition coefficient (Wildman–Crippen LogP) is 2.56. The van der Waals surface area contributed by atoms with Gasteiger partial charge >= 0.3 is 0 Å². The summed E-state index contributed by atoms with van der Waals surface area (Å²) in [6, 6.07) is 1.96. The molecule has 0 bridgehead atoms. The van der Waals surface area contributed by atoms with E-state index < -0.39 is 0 Å². The summed E-state index contributed by atoms with van der Waals surface area (Å²) in [6.45, 7) is 4.65. The van der Waals surface area contributed by atoms with Gasteiger partial charge in [-0.2, -0.15) is 0 Å². The van der Waals surface area contributed by atoms with Crippen LogP contribution in [0, 0.1) is 0 Å². The van der Waals surface area contributed by atoms with Gasteiger partial charge in [0.05, 0.1) is 17.2 Å². The fourth-order valence-electron chi connectivity index (χ4n) is 2.13. The summed E-state index contributed by atoms with van der Waals surface area (Å²) in [5.74, 6) is 0.533. The van der Waals surface area contributed by atoms with E-state index in [-0.39, 0.29) is 12.2 Å². The number of hydrogen-bond acceptors (Lipinski definition) is 3. The molecule has 1 aromatic heterocycles. The molecule has 2 rings (SSSR count). The highest BCUT2D eigenvalue weighted by molar-refractivity contribution is 6.31. The first-order valence-corrected chi connectivity index (χ1v) is 6.62. The van der Waals surface area contributed by atoms with E-state index in [2.05, 4.69) is 16.8 Å². The summed E-state index contributed by atoms with van der Waals surface area (Å²) < 4.78 is 5.71. The lowest BCUT2D eigenvalue weighted by Crippen LogP contribution is -2.46. The molecule has 1 aliphatic rings. The van der Waals surface area contributed by atoms with E-state index in [9.17, 15) is 0 Å². The molecular formula is C12H16Cl2N2O. The maximum Gasteiger partial charge on any atom is 0.0841 e. The monoisotopic (exact) mass is 274 g/mol. The first kappa shape index (κ1) is 13.1. The van der Waals surface area contributed by atoms with Gasteiger partial charge in [0, 0.05) is 37.9 Å². The lowest BCUT2D eigenvalue weighted by molar-refractivity contribution is -0.0688. The molecule has 1 aliphatic heterocycles. The number of rotatable bonds is 3. The Hall–Kier alpha value is -0.350. The number of ether oxygens (including phenoxy) is 1. The van der Waals surface area contributed by atoms with Crippen molar-refractivity contribution in [3.8, 4) is 0 Å². The smallest absolute Gasteiger partial charge is 0.0841 e. The van der Waals surface area contributed by atoms with Gasteiger partial charge in [-0.15, -0.1) is 11.6 Å². The van der Waals surface area contributed by atoms with Crippen molar-refractivity contribution in [2.24, 2.45) is 0 Å². The average Bonchev–Trinajstić information content (AvgIpc) is 2.31. The molecule has 2 heterocycles. The van der Waals surface area contributed by atoms with E-state index in [0.717, 1.165) is 25.2 Å². The van der Waals surface area contributed by atoms with Gasteiger partial charge < -0.3 is 4.74 Å². The second kappa shape index (κ2) is 6.01. The van der Waals surface area contributed by atoms with Crippen LogP contribution in [-0.2, 0) is 11.3 Å². The molecule has 0 aliphatic carbocycles. The number of morpholine rings is 1. The van der Waals surface area contributed by atoms with Crippen LogP contribution in [0.15, 0.2) is 18.5 Å². The van der Waals surface area contributed by atoms with Crippen molar-refractivity contribution in [1.29, 1.82) is 0 Å². The van der Waals surface area contributed by atoms with Crippen molar-refractivity contribution in [1.82, 2.24) is 9.88 Å². The van der Waals surface area contributed by atoms with Crippen LogP contribution in [0.3, 0.4) is 0 Å². The molecule has 1 aromatic rings. The van der Waals surface area contributed by atoms with Crippen molar-refractivity contribution < 1.29 is 4.74 Å². The molecule has 3 nitrogen and oxygen atoms in total. The summed E-state index contributed by atoms with van der Waals surface area (Å²) in [5.41, 5.74) is 1.10. The summed E-state index contributed by atoms with van der Waals surface area (Å²) in [6.07, 6.45) is 3.78. The molecule has 2 atom stereocenters. The molecule has 0 spiro atoms. The minimum Gasteiger partial charge on any atom is -0.371 e. The van der Waals surface area contributed by atoms with Crippen LogP contribution >= 0.6 is 23.2 Å². The van der Waals surface area contributed by atoms with Gasteiger partial charge in [0.15, 0.2) is 0 Å². The minimum atomic E-state index is 0.112. The largest absolute Gasteiger partial charge is 0.371 e. The standard InChI is InChI=1S/C12H16Cl2N2O/c1-9-6-16(8-11(4-13)17-9)7-10-2-3-15-5-12(10)14/h2-3,5,9,11H,4,6-8H2,1H3. The Morgan fingerprint density at radius 2 is 2.35 bits per heavy atom. The second-order valence-electron chi connectivity index (χ2n) is 4.38. The van der Waals surface area contributed by atoms with Crippen LogP contribution in [0.25, 0.3) is 0 Å². The third-order valence-corrected chi connectivity index (χ3v) is 3.51. The molecular weight excluding hydrogens is 259 g/mol. The SMILES string of the molecule is CC1CN(Cc2ccncc2Cl)CC(CCl)O1. The van der Waals surface area contributed by atoms with Crippen LogP contribution in [0.4, 0.5) is 0 Å². The van der Waals surface area contributed by atoms with Gasteiger partial charge in [0.25, 0.3) is 0 Å². The minimum absolute atomic E-state index is 0.112. The van der Waals surface area contributed by atoms with Crippen molar-refractivity contribution >= 4 is 23.2 Å². The summed E-state index contributed by atoms with van der Waals surface area (Å²) >= 11 is 12.0. The van der Waals surface area contributed by atoms with Gasteiger partial charge in [-0.05, 0) is 18.6 Å². The molecule has 1 saturated heterocycles. The number of alkyl halides is 1. The summed E-state index contributed by atoms with van der Waals surface area (Å²) in [5, 5.41) is 0.717. The first-order valence-electron chi connectivity index (χ1n) is 5.71. The molecule has 0 N–H and O–H groups in total. The maximum absolute atomic E-state index is 6.10. The molecule has 1 fully saturated rings. The zero-order valence-electron chi connectivity index (χ0n) is 9.77. The van der Waals surface area contributed by atoms with Gasteiger partial charge in [0.2, 0.25) is 0 Å². The Balaban J connectivity index is 2.01. The summed E-state index contributed by atoms with van der Waals surface area (Å²) in [4.78, 5) is 6.31. The number of hydrogen-bond donors (Lipinski definition) is 0. The van der Waals surface area contributed by atoms with Crippen LogP contribution in [-0.4, -0.2) is 41.1 Å². The highest BCUT2D eigenvalue weighted by atomic mass is 35.5. The van der Waals surface area contributed by atoms with Gasteiger partial charge in [-0.25, -0.2) is 0 Å². The lowest BCUT2D eigenvalue weighted by atomic mass is 10.2. The molecule has 94 valence electrons. The third kappa shape index (κ3) is 3.55. The molecule has 0 aromatic carbocycles. The molecule has 0 saturated carbocycles. The van der Waals surface area contributed by atoms with E-state index >= 15 is 0 Å². The van der Waals surface area contributed by atoms with E-state index in [1.54, 1.807) is 12.4 Å². The molecule has 0 amide bonds. The number of halogens is 2. The van der Waals surface area contributed by atoms with E-state index in [0.29, 0.717) is 10.9 Å². The van der Waals surface area contributed by atoms with Crippen LogP contribution in [0.5, 0.6) is 0 Å². The molecule has 17 heavy (non-hydrogen) atoms. The van der Waals surface area contributed by atoms with Gasteiger partial charge in [-0.3, -0.25) is 9.88 Å². The van der Waals surface area contributed by atoms with Crippen molar-refractivity contribution in [3.63, 3.8) is 0 Å². The van der Waals surface area contributed by atoms with E-state index in [1.165, 1.54) is 0 Å². The molecule has 5 heteroatoms. The highest BCUT2D eigenvalue weighted by Crippen LogP contribution is 2.19. The van der Waals surface area contributed by atoms with Crippen LogP contribution < -0.4 is 0 Å². The summed E-state index contributed by atoms with van der Waals surface area (Å²) in [7, 11) is 0. The quantitative estimate of drug-likeness (QED) is 0.793. The third-order valence-electron chi connectivity index (χ3n) is 2.82. The van der Waals surface area contributed by atoms with Crippen LogP contribution in [0.1, 0.15) is 12.5 Å².